The van der Waals surface area contributed by atoms with Gasteiger partial charge in [-0.15, -0.1) is 0 Å². The third-order valence-corrected chi connectivity index (χ3v) is 3.36. The summed E-state index contributed by atoms with van der Waals surface area (Å²) in [6.45, 7) is 0.651. The number of aromatic nitrogens is 2. The van der Waals surface area contributed by atoms with Crippen LogP contribution in [0.1, 0.15) is 18.2 Å². The second kappa shape index (κ2) is 4.76. The molecule has 5 heteroatoms. The van der Waals surface area contributed by atoms with Crippen LogP contribution in [0.4, 0.5) is 0 Å². The number of ether oxygens (including phenoxy) is 1. The second-order valence-electron chi connectivity index (χ2n) is 4.59. The summed E-state index contributed by atoms with van der Waals surface area (Å²) in [5, 5.41) is 2.82. The highest BCUT2D eigenvalue weighted by molar-refractivity contribution is 5.79. The second-order valence-corrected chi connectivity index (χ2v) is 4.59. The topological polar surface area (TPSA) is 67.0 Å². The Balaban J connectivity index is 1.90. The molecule has 0 aliphatic carbocycles. The van der Waals surface area contributed by atoms with Gasteiger partial charge in [0.25, 0.3) is 0 Å². The lowest BCUT2D eigenvalue weighted by Gasteiger charge is -2.06. The summed E-state index contributed by atoms with van der Waals surface area (Å²) in [7, 11) is 1.65. The van der Waals surface area contributed by atoms with E-state index in [1.165, 1.54) is 0 Å². The summed E-state index contributed by atoms with van der Waals surface area (Å²) in [4.78, 5) is 18.9. The maximum atomic E-state index is 11.2. The monoisotopic (exact) mass is 257 g/mol. The Hall–Kier alpha value is -2.30. The van der Waals surface area contributed by atoms with E-state index in [9.17, 15) is 4.79 Å². The average molecular weight is 257 g/mol. The Morgan fingerprint density at radius 2 is 2.21 bits per heavy atom. The van der Waals surface area contributed by atoms with Crippen LogP contribution in [0.15, 0.2) is 30.5 Å². The van der Waals surface area contributed by atoms with E-state index >= 15 is 0 Å². The van der Waals surface area contributed by atoms with Crippen molar-refractivity contribution >= 4 is 5.91 Å². The van der Waals surface area contributed by atoms with Gasteiger partial charge in [0.05, 0.1) is 19.0 Å². The Morgan fingerprint density at radius 1 is 1.37 bits per heavy atom. The number of amides is 1. The number of rotatable bonds is 3. The maximum Gasteiger partial charge on any atom is 0.220 e. The predicted octanol–water partition coefficient (Wildman–Crippen LogP) is 1.69. The van der Waals surface area contributed by atoms with Crippen LogP contribution in [-0.2, 0) is 4.79 Å². The molecule has 1 aromatic carbocycles. The normalized spacial score (nSPS) is 18.4. The van der Waals surface area contributed by atoms with Crippen molar-refractivity contribution in [3.8, 4) is 17.0 Å². The van der Waals surface area contributed by atoms with Gasteiger partial charge in [0.1, 0.15) is 11.6 Å². The zero-order chi connectivity index (χ0) is 13.2. The number of methoxy groups -OCH3 is 1. The molecule has 1 aromatic heterocycles. The van der Waals surface area contributed by atoms with Gasteiger partial charge in [-0.1, -0.05) is 12.1 Å². The molecule has 0 saturated carbocycles. The molecule has 0 radical (unpaired) electrons. The number of imidazole rings is 1. The van der Waals surface area contributed by atoms with Crippen molar-refractivity contribution in [2.45, 2.75) is 12.3 Å². The van der Waals surface area contributed by atoms with Gasteiger partial charge < -0.3 is 15.0 Å². The zero-order valence-electron chi connectivity index (χ0n) is 10.6. The molecule has 5 nitrogen and oxygen atoms in total. The highest BCUT2D eigenvalue weighted by atomic mass is 16.5. The summed E-state index contributed by atoms with van der Waals surface area (Å²) in [6.07, 6.45) is 2.29. The van der Waals surface area contributed by atoms with Crippen LogP contribution in [-0.4, -0.2) is 29.5 Å². The highest BCUT2D eigenvalue weighted by Crippen LogP contribution is 2.30. The number of nitrogens with zero attached hydrogens (tertiary/aromatic N) is 1. The average Bonchev–Trinajstić information content (AvgIpc) is 3.07. The van der Waals surface area contributed by atoms with Crippen molar-refractivity contribution in [3.05, 3.63) is 36.3 Å². The van der Waals surface area contributed by atoms with Crippen molar-refractivity contribution in [2.75, 3.05) is 13.7 Å². The lowest BCUT2D eigenvalue weighted by molar-refractivity contribution is -0.119. The van der Waals surface area contributed by atoms with Crippen molar-refractivity contribution < 1.29 is 9.53 Å². The van der Waals surface area contributed by atoms with Crippen LogP contribution < -0.4 is 10.1 Å². The predicted molar refractivity (Wildman–Crippen MR) is 70.9 cm³/mol. The maximum absolute atomic E-state index is 11.2. The summed E-state index contributed by atoms with van der Waals surface area (Å²) in [6, 6.07) is 7.78. The van der Waals surface area contributed by atoms with Gasteiger partial charge in [-0.2, -0.15) is 0 Å². The molecular formula is C14H15N3O2. The number of H-pyrrole nitrogens is 1. The van der Waals surface area contributed by atoms with Gasteiger partial charge in [0.15, 0.2) is 0 Å². The van der Waals surface area contributed by atoms with E-state index in [0.717, 1.165) is 22.8 Å². The SMILES string of the molecule is COc1ccccc1-c1cnc([C@@H]2CNC(=O)C2)[nH]1. The number of carbonyl (C=O) groups excluding carboxylic acids is 1. The molecule has 2 heterocycles. The lowest BCUT2D eigenvalue weighted by atomic mass is 10.1. The number of para-hydroxylation sites is 1. The van der Waals surface area contributed by atoms with E-state index < -0.39 is 0 Å². The minimum atomic E-state index is 0.0836. The zero-order valence-corrected chi connectivity index (χ0v) is 10.6. The highest BCUT2D eigenvalue weighted by Gasteiger charge is 2.25. The lowest BCUT2D eigenvalue weighted by Crippen LogP contribution is -2.13. The number of benzene rings is 1. The Morgan fingerprint density at radius 3 is 2.95 bits per heavy atom. The van der Waals surface area contributed by atoms with Crippen molar-refractivity contribution in [1.29, 1.82) is 0 Å². The fourth-order valence-corrected chi connectivity index (χ4v) is 2.35. The standard InChI is InChI=1S/C14H15N3O2/c1-19-12-5-3-2-4-10(12)11-8-16-14(17-11)9-6-13(18)15-7-9/h2-5,8-9H,6-7H2,1H3,(H,15,18)(H,16,17)/t9-/m0/s1. The van der Waals surface area contributed by atoms with Gasteiger partial charge in [0.2, 0.25) is 5.91 Å². The van der Waals surface area contributed by atoms with Crippen molar-refractivity contribution in [1.82, 2.24) is 15.3 Å². The Bertz CT molecular complexity index is 606. The van der Waals surface area contributed by atoms with Crippen molar-refractivity contribution in [3.63, 3.8) is 0 Å². The summed E-state index contributed by atoms with van der Waals surface area (Å²) in [5.41, 5.74) is 1.88. The molecule has 2 N–H and O–H groups in total. The number of hydrogen-bond donors (Lipinski definition) is 2. The van der Waals surface area contributed by atoms with Crippen LogP contribution >= 0.6 is 0 Å². The van der Waals surface area contributed by atoms with Crippen LogP contribution in [0.25, 0.3) is 11.3 Å². The van der Waals surface area contributed by atoms with Crippen LogP contribution in [0.2, 0.25) is 0 Å². The molecule has 0 unspecified atom stereocenters. The number of hydrogen-bond acceptors (Lipinski definition) is 3. The molecule has 1 fully saturated rings. The first-order valence-electron chi connectivity index (χ1n) is 6.23. The fraction of sp³-hybridized carbons (Fsp3) is 0.286. The molecule has 98 valence electrons. The van der Waals surface area contributed by atoms with Gasteiger partial charge in [-0.25, -0.2) is 4.98 Å². The van der Waals surface area contributed by atoms with E-state index in [-0.39, 0.29) is 11.8 Å². The molecule has 19 heavy (non-hydrogen) atoms. The van der Waals surface area contributed by atoms with Gasteiger partial charge in [0, 0.05) is 24.4 Å². The molecule has 1 aliphatic rings. The fourth-order valence-electron chi connectivity index (χ4n) is 2.35. The summed E-state index contributed by atoms with van der Waals surface area (Å²) in [5.74, 6) is 1.87. The molecule has 1 amide bonds. The van der Waals surface area contributed by atoms with Gasteiger partial charge in [-0.3, -0.25) is 4.79 Å². The summed E-state index contributed by atoms with van der Waals surface area (Å²) < 4.78 is 5.34. The molecule has 3 rings (SSSR count). The van der Waals surface area contributed by atoms with Crippen LogP contribution in [0, 0.1) is 0 Å². The van der Waals surface area contributed by atoms with E-state index in [0.29, 0.717) is 13.0 Å². The van der Waals surface area contributed by atoms with Gasteiger partial charge in [-0.05, 0) is 12.1 Å². The molecule has 1 atom stereocenters. The van der Waals surface area contributed by atoms with E-state index in [1.807, 2.05) is 24.3 Å². The van der Waals surface area contributed by atoms with E-state index in [2.05, 4.69) is 15.3 Å². The summed E-state index contributed by atoms with van der Waals surface area (Å²) >= 11 is 0. The molecular weight excluding hydrogens is 242 g/mol. The van der Waals surface area contributed by atoms with Crippen molar-refractivity contribution in [2.24, 2.45) is 0 Å². The smallest absolute Gasteiger partial charge is 0.220 e. The first-order valence-corrected chi connectivity index (χ1v) is 6.23. The molecule has 1 aliphatic heterocycles. The Kier molecular flexibility index (Phi) is 2.95. The van der Waals surface area contributed by atoms with Crippen LogP contribution in [0.5, 0.6) is 5.75 Å². The Labute approximate surface area is 111 Å². The van der Waals surface area contributed by atoms with E-state index in [1.54, 1.807) is 13.3 Å². The third-order valence-electron chi connectivity index (χ3n) is 3.36. The number of aromatic amines is 1. The van der Waals surface area contributed by atoms with E-state index in [4.69, 9.17) is 4.74 Å². The molecule has 1 saturated heterocycles. The quantitative estimate of drug-likeness (QED) is 0.879. The number of nitrogens with one attached hydrogen (secondary N) is 2. The molecule has 0 spiro atoms. The minimum Gasteiger partial charge on any atom is -0.496 e. The third kappa shape index (κ3) is 2.19. The minimum absolute atomic E-state index is 0.0836. The molecule has 2 aromatic rings. The van der Waals surface area contributed by atoms with Gasteiger partial charge >= 0.3 is 0 Å². The van der Waals surface area contributed by atoms with Crippen LogP contribution in [0.3, 0.4) is 0 Å². The number of carbonyl (C=O) groups is 1. The molecule has 0 bridgehead atoms. The first kappa shape index (κ1) is 11.8. The largest absolute Gasteiger partial charge is 0.496 e. The first-order chi connectivity index (χ1) is 9.28.